The molecule has 296 valence electrons. The number of nitrogens with one attached hydrogen (secondary N) is 4. The summed E-state index contributed by atoms with van der Waals surface area (Å²) < 4.78 is 14.5. The summed E-state index contributed by atoms with van der Waals surface area (Å²) in [6.07, 6.45) is 9.86. The number of nitrogens with zero attached hydrogens (tertiary/aromatic N) is 3. The van der Waals surface area contributed by atoms with Crippen LogP contribution >= 0.6 is 0 Å². The minimum absolute atomic E-state index is 0.0253. The van der Waals surface area contributed by atoms with Crippen molar-refractivity contribution in [2.45, 2.75) is 136 Å². The van der Waals surface area contributed by atoms with Crippen LogP contribution in [0.15, 0.2) is 35.3 Å². The lowest BCUT2D eigenvalue weighted by Gasteiger charge is -2.39. The van der Waals surface area contributed by atoms with Gasteiger partial charge in [-0.15, -0.1) is 0 Å². The molecule has 1 atom stereocenters. The number of rotatable bonds is 19. The average molecular weight is 762 g/mol. The number of phenols is 1. The van der Waals surface area contributed by atoms with Crippen molar-refractivity contribution < 1.29 is 19.1 Å². The Morgan fingerprint density at radius 3 is 2.54 bits per heavy atom. The SMILES string of the molecule is CCc1nc2c(cnn2CC)c(NC2CCOCC2)c1CNC(=O)CCCCCCCNC[C@H](O[Si](C)(C)C(C)(C)C)c1ccc(O)c2[nH]c(=O)ccc12. The highest BCUT2D eigenvalue weighted by Gasteiger charge is 2.39. The summed E-state index contributed by atoms with van der Waals surface area (Å²) in [6, 6.07) is 7.14. The van der Waals surface area contributed by atoms with E-state index in [4.69, 9.17) is 14.1 Å². The Morgan fingerprint density at radius 1 is 1.07 bits per heavy atom. The number of hydrogen-bond acceptors (Lipinski definition) is 9. The van der Waals surface area contributed by atoms with Crippen LogP contribution in [0, 0.1) is 0 Å². The molecule has 1 aliphatic heterocycles. The fraction of sp³-hybridized carbons (Fsp3) is 0.610. The van der Waals surface area contributed by atoms with Crippen molar-refractivity contribution in [1.29, 1.82) is 0 Å². The summed E-state index contributed by atoms with van der Waals surface area (Å²) in [4.78, 5) is 32.8. The topological polar surface area (TPSA) is 155 Å². The second kappa shape index (κ2) is 18.7. The van der Waals surface area contributed by atoms with Crippen LogP contribution in [-0.2, 0) is 33.5 Å². The average Bonchev–Trinajstić information content (AvgIpc) is 3.56. The van der Waals surface area contributed by atoms with Gasteiger partial charge in [-0.05, 0) is 81.4 Å². The number of anilines is 1. The molecule has 1 saturated heterocycles. The third-order valence-corrected chi connectivity index (χ3v) is 15.7. The number of benzene rings is 1. The van der Waals surface area contributed by atoms with Gasteiger partial charge in [0.1, 0.15) is 5.75 Å². The van der Waals surface area contributed by atoms with E-state index in [2.05, 4.69) is 73.7 Å². The first-order valence-corrected chi connectivity index (χ1v) is 23.0. The lowest BCUT2D eigenvalue weighted by Crippen LogP contribution is -2.43. The van der Waals surface area contributed by atoms with Crippen LogP contribution in [0.5, 0.6) is 5.75 Å². The van der Waals surface area contributed by atoms with E-state index in [1.165, 1.54) is 6.07 Å². The molecule has 0 aliphatic carbocycles. The van der Waals surface area contributed by atoms with Gasteiger partial charge in [0.15, 0.2) is 14.0 Å². The highest BCUT2D eigenvalue weighted by atomic mass is 28.4. The van der Waals surface area contributed by atoms with Crippen LogP contribution in [-0.4, -0.2) is 71.4 Å². The number of H-pyrrole nitrogens is 1. The van der Waals surface area contributed by atoms with Crippen LogP contribution in [0.1, 0.15) is 109 Å². The summed E-state index contributed by atoms with van der Waals surface area (Å²) in [7, 11) is -2.14. The normalized spacial score (nSPS) is 14.9. The molecule has 0 spiro atoms. The molecule has 4 aromatic rings. The van der Waals surface area contributed by atoms with Gasteiger partial charge in [-0.25, -0.2) is 9.67 Å². The van der Waals surface area contributed by atoms with Crippen LogP contribution in [0.4, 0.5) is 5.69 Å². The zero-order valence-electron chi connectivity index (χ0n) is 33.6. The summed E-state index contributed by atoms with van der Waals surface area (Å²) in [5, 5.41) is 27.5. The molecule has 0 saturated carbocycles. The highest BCUT2D eigenvalue weighted by Crippen LogP contribution is 2.41. The van der Waals surface area contributed by atoms with Gasteiger partial charge >= 0.3 is 0 Å². The monoisotopic (exact) mass is 761 g/mol. The van der Waals surface area contributed by atoms with Crippen LogP contribution in [0.25, 0.3) is 21.9 Å². The quantitative estimate of drug-likeness (QED) is 0.0484. The van der Waals surface area contributed by atoms with Crippen molar-refractivity contribution in [3.63, 3.8) is 0 Å². The van der Waals surface area contributed by atoms with E-state index in [0.717, 1.165) is 117 Å². The van der Waals surface area contributed by atoms with Crippen LogP contribution in [0.2, 0.25) is 18.1 Å². The number of ether oxygens (including phenoxy) is 1. The summed E-state index contributed by atoms with van der Waals surface area (Å²) >= 11 is 0. The Bertz CT molecular complexity index is 1910. The molecule has 0 unspecified atom stereocenters. The fourth-order valence-electron chi connectivity index (χ4n) is 6.96. The molecule has 0 bridgehead atoms. The molecule has 0 radical (unpaired) electrons. The maximum Gasteiger partial charge on any atom is 0.248 e. The van der Waals surface area contributed by atoms with Gasteiger partial charge in [0, 0.05) is 68.0 Å². The molecule has 1 aromatic carbocycles. The largest absolute Gasteiger partial charge is 0.506 e. The number of aryl methyl sites for hydroxylation is 2. The number of aromatic amines is 1. The summed E-state index contributed by atoms with van der Waals surface area (Å²) in [5.74, 6) is 0.121. The predicted molar refractivity (Wildman–Crippen MR) is 220 cm³/mol. The van der Waals surface area contributed by atoms with Crippen molar-refractivity contribution >= 4 is 41.8 Å². The zero-order chi connectivity index (χ0) is 38.9. The number of aromatic hydroxyl groups is 1. The van der Waals surface area contributed by atoms with E-state index in [1.807, 2.05) is 16.9 Å². The lowest BCUT2D eigenvalue weighted by molar-refractivity contribution is -0.121. The number of amides is 1. The van der Waals surface area contributed by atoms with Gasteiger partial charge < -0.3 is 35.2 Å². The maximum absolute atomic E-state index is 13.0. The second-order valence-electron chi connectivity index (χ2n) is 16.1. The van der Waals surface area contributed by atoms with E-state index in [0.29, 0.717) is 31.1 Å². The second-order valence-corrected chi connectivity index (χ2v) is 20.9. The Labute approximate surface area is 321 Å². The van der Waals surface area contributed by atoms with Crippen molar-refractivity contribution in [2.24, 2.45) is 0 Å². The Hall–Kier alpha value is -3.78. The van der Waals surface area contributed by atoms with E-state index in [1.54, 1.807) is 12.1 Å². The number of carbonyl (C=O) groups excluding carboxylic acids is 1. The predicted octanol–water partition coefficient (Wildman–Crippen LogP) is 7.46. The minimum atomic E-state index is -2.14. The molecule has 4 heterocycles. The molecule has 1 aliphatic rings. The minimum Gasteiger partial charge on any atom is -0.506 e. The van der Waals surface area contributed by atoms with E-state index >= 15 is 0 Å². The number of phenolic OH excluding ortho intramolecular Hbond substituents is 1. The van der Waals surface area contributed by atoms with Crippen molar-refractivity contribution in [3.05, 3.63) is 57.6 Å². The first-order chi connectivity index (χ1) is 25.8. The van der Waals surface area contributed by atoms with Gasteiger partial charge in [-0.1, -0.05) is 53.0 Å². The van der Waals surface area contributed by atoms with Crippen molar-refractivity contribution in [3.8, 4) is 5.75 Å². The number of unbranched alkanes of at least 4 members (excludes halogenated alkanes) is 4. The first-order valence-electron chi connectivity index (χ1n) is 20.0. The summed E-state index contributed by atoms with van der Waals surface area (Å²) in [6.45, 7) is 19.5. The Kier molecular flexibility index (Phi) is 14.3. The molecule has 12 nitrogen and oxygen atoms in total. The number of fused-ring (bicyclic) bond motifs is 2. The Morgan fingerprint density at radius 2 is 1.81 bits per heavy atom. The maximum atomic E-state index is 13.0. The number of aromatic nitrogens is 4. The molecule has 54 heavy (non-hydrogen) atoms. The van der Waals surface area contributed by atoms with Gasteiger partial charge in [0.25, 0.3) is 0 Å². The van der Waals surface area contributed by atoms with Crippen LogP contribution in [0.3, 0.4) is 0 Å². The zero-order valence-corrected chi connectivity index (χ0v) is 34.6. The Balaban J connectivity index is 1.09. The molecule has 1 amide bonds. The van der Waals surface area contributed by atoms with Gasteiger partial charge in [0.05, 0.1) is 28.9 Å². The number of hydrogen-bond donors (Lipinski definition) is 5. The molecule has 3 aromatic heterocycles. The van der Waals surface area contributed by atoms with E-state index in [9.17, 15) is 14.7 Å². The van der Waals surface area contributed by atoms with Gasteiger partial charge in [-0.3, -0.25) is 9.59 Å². The van der Waals surface area contributed by atoms with Gasteiger partial charge in [-0.2, -0.15) is 5.10 Å². The summed E-state index contributed by atoms with van der Waals surface area (Å²) in [5.41, 5.74) is 5.12. The number of carbonyl (C=O) groups is 1. The first kappa shape index (κ1) is 41.4. The standard InChI is InChI=1S/C41H63N7O5Si/c1-8-33-31(38(45-28-20-23-52-24-21-28)32-26-44-48(9-2)40(32)46-33)25-43-36(50)15-13-11-10-12-14-22-42-27-35(53-54(6,7)41(3,4)5)29-16-18-34(49)39-30(29)17-19-37(51)47-39/h16-19,26,28,35,42,49H,8-15,20-25,27H2,1-7H3,(H,43,50)(H,45,46)(H,47,51)/t35-/m0/s1. The van der Waals surface area contributed by atoms with E-state index < -0.39 is 8.32 Å². The van der Waals surface area contributed by atoms with Crippen molar-refractivity contribution in [1.82, 2.24) is 30.4 Å². The molecule has 5 N–H and O–H groups in total. The van der Waals surface area contributed by atoms with Crippen LogP contribution < -0.4 is 21.5 Å². The van der Waals surface area contributed by atoms with Crippen molar-refractivity contribution in [2.75, 3.05) is 31.6 Å². The molecule has 5 rings (SSSR count). The van der Waals surface area contributed by atoms with E-state index in [-0.39, 0.29) is 28.4 Å². The lowest BCUT2D eigenvalue weighted by atomic mass is 10.0. The third kappa shape index (κ3) is 10.3. The number of pyridine rings is 2. The highest BCUT2D eigenvalue weighted by molar-refractivity contribution is 6.74. The molecular formula is C41H63N7O5Si. The molecule has 13 heteroatoms. The molecule has 1 fully saturated rings. The third-order valence-electron chi connectivity index (χ3n) is 11.2. The van der Waals surface area contributed by atoms with Gasteiger partial charge in [0.2, 0.25) is 11.5 Å². The fourth-order valence-corrected chi connectivity index (χ4v) is 8.24. The smallest absolute Gasteiger partial charge is 0.248 e. The molecular weight excluding hydrogens is 699 g/mol.